The summed E-state index contributed by atoms with van der Waals surface area (Å²) in [6, 6.07) is 0.202. The molecule has 0 saturated carbocycles. The summed E-state index contributed by atoms with van der Waals surface area (Å²) in [5.41, 5.74) is 0.665. The number of halogens is 1. The number of fused-ring (bicyclic) bond motifs is 1. The van der Waals surface area contributed by atoms with Crippen molar-refractivity contribution in [1.29, 1.82) is 0 Å². The molecular formula is C15H26FN3S. The Morgan fingerprint density at radius 3 is 2.65 bits per heavy atom. The van der Waals surface area contributed by atoms with Crippen LogP contribution in [0.4, 0.5) is 4.39 Å². The Morgan fingerprint density at radius 2 is 2.10 bits per heavy atom. The third-order valence-corrected chi connectivity index (χ3v) is 5.24. The Labute approximate surface area is 125 Å². The molecule has 1 aliphatic heterocycles. The molecule has 0 amide bonds. The van der Waals surface area contributed by atoms with Gasteiger partial charge in [-0.2, -0.15) is 0 Å². The first kappa shape index (κ1) is 15.9. The molecule has 0 aromatic carbocycles. The molecule has 0 radical (unpaired) electrons. The zero-order valence-electron chi connectivity index (χ0n) is 13.4. The summed E-state index contributed by atoms with van der Waals surface area (Å²) in [6.07, 6.45) is -0.137. The van der Waals surface area contributed by atoms with Crippen LogP contribution < -0.4 is 0 Å². The number of nitrogens with zero attached hydrogens (tertiary/aromatic N) is 3. The maximum Gasteiger partial charge on any atom is 0.197 e. The quantitative estimate of drug-likeness (QED) is 0.799. The van der Waals surface area contributed by atoms with E-state index in [9.17, 15) is 4.39 Å². The molecule has 5 heteroatoms. The zero-order chi connectivity index (χ0) is 15.1. The van der Waals surface area contributed by atoms with Gasteiger partial charge < -0.3 is 4.90 Å². The summed E-state index contributed by atoms with van der Waals surface area (Å²) >= 11 is 1.69. The van der Waals surface area contributed by atoms with E-state index >= 15 is 0 Å². The smallest absolute Gasteiger partial charge is 0.197 e. The fourth-order valence-corrected chi connectivity index (χ4v) is 3.75. The lowest BCUT2D eigenvalue weighted by Crippen LogP contribution is -2.44. The average Bonchev–Trinajstić information content (AvgIpc) is 2.72. The van der Waals surface area contributed by atoms with Crippen molar-refractivity contribution in [1.82, 2.24) is 14.8 Å². The van der Waals surface area contributed by atoms with Gasteiger partial charge in [0.2, 0.25) is 0 Å². The highest BCUT2D eigenvalue weighted by atomic mass is 32.1. The molecule has 114 valence electrons. The first-order chi connectivity index (χ1) is 9.20. The Morgan fingerprint density at radius 1 is 1.45 bits per heavy atom. The van der Waals surface area contributed by atoms with Crippen molar-refractivity contribution in [3.63, 3.8) is 0 Å². The molecule has 0 spiro atoms. The minimum atomic E-state index is -1.05. The molecule has 1 aromatic heterocycles. The Balaban J connectivity index is 2.21. The van der Waals surface area contributed by atoms with Crippen molar-refractivity contribution in [2.45, 2.75) is 51.9 Å². The fraction of sp³-hybridized carbons (Fsp3) is 0.800. The van der Waals surface area contributed by atoms with Gasteiger partial charge in [-0.3, -0.25) is 4.90 Å². The van der Waals surface area contributed by atoms with Crippen molar-refractivity contribution in [2.24, 2.45) is 0 Å². The van der Waals surface area contributed by atoms with Crippen molar-refractivity contribution < 1.29 is 4.39 Å². The van der Waals surface area contributed by atoms with E-state index in [0.29, 0.717) is 5.69 Å². The van der Waals surface area contributed by atoms with E-state index in [4.69, 9.17) is 0 Å². The highest BCUT2D eigenvalue weighted by Crippen LogP contribution is 2.38. The molecule has 0 bridgehead atoms. The molecular weight excluding hydrogens is 273 g/mol. The van der Waals surface area contributed by atoms with Crippen molar-refractivity contribution in [2.75, 3.05) is 27.2 Å². The largest absolute Gasteiger partial charge is 0.308 e. The van der Waals surface area contributed by atoms with Crippen LogP contribution in [0.3, 0.4) is 0 Å². The lowest BCUT2D eigenvalue weighted by atomic mass is 9.98. The number of aromatic nitrogens is 1. The van der Waals surface area contributed by atoms with E-state index < -0.39 is 6.30 Å². The molecule has 1 aromatic rings. The van der Waals surface area contributed by atoms with Crippen LogP contribution in [0.25, 0.3) is 0 Å². The van der Waals surface area contributed by atoms with Crippen LogP contribution in [0, 0.1) is 0 Å². The molecule has 2 heterocycles. The number of likely N-dealkylation sites (N-methyl/N-ethyl adjacent to an activating group) is 1. The Hall–Kier alpha value is -0.520. The van der Waals surface area contributed by atoms with Crippen LogP contribution in [0.15, 0.2) is 0 Å². The lowest BCUT2D eigenvalue weighted by Gasteiger charge is -2.35. The second-order valence-electron chi connectivity index (χ2n) is 7.01. The SMILES string of the molecule is CC(CN(C)C)N1CCc2sc(C(C)(C)C)nc2C1F. The number of hydrogen-bond acceptors (Lipinski definition) is 4. The molecule has 2 rings (SSSR count). The van der Waals surface area contributed by atoms with Crippen molar-refractivity contribution in [3.05, 3.63) is 15.6 Å². The van der Waals surface area contributed by atoms with Gasteiger partial charge in [-0.05, 0) is 27.4 Å². The van der Waals surface area contributed by atoms with Gasteiger partial charge in [-0.25, -0.2) is 9.37 Å². The normalized spacial score (nSPS) is 22.1. The highest BCUT2D eigenvalue weighted by molar-refractivity contribution is 7.11. The standard InChI is InChI=1S/C15H26FN3S/c1-10(9-18(5)6)19-8-7-11-12(13(19)16)17-14(20-11)15(2,3)4/h10,13H,7-9H2,1-6H3. The zero-order valence-corrected chi connectivity index (χ0v) is 14.2. The lowest BCUT2D eigenvalue weighted by molar-refractivity contribution is 0.0260. The number of alkyl halides is 1. The predicted molar refractivity (Wildman–Crippen MR) is 83.1 cm³/mol. The van der Waals surface area contributed by atoms with Crippen LogP contribution in [0.5, 0.6) is 0 Å². The third kappa shape index (κ3) is 3.21. The maximum absolute atomic E-state index is 14.8. The number of hydrogen-bond donors (Lipinski definition) is 0. The molecule has 3 nitrogen and oxygen atoms in total. The minimum absolute atomic E-state index is 0.00179. The van der Waals surface area contributed by atoms with E-state index in [1.165, 1.54) is 0 Å². The molecule has 1 aliphatic rings. The third-order valence-electron chi connectivity index (χ3n) is 3.68. The van der Waals surface area contributed by atoms with Crippen LogP contribution in [-0.4, -0.2) is 48.0 Å². The summed E-state index contributed by atoms with van der Waals surface area (Å²) in [4.78, 5) is 9.78. The van der Waals surface area contributed by atoms with Gasteiger partial charge in [0.1, 0.15) is 5.69 Å². The molecule has 2 unspecified atom stereocenters. The van der Waals surface area contributed by atoms with Gasteiger partial charge in [-0.15, -0.1) is 11.3 Å². The van der Waals surface area contributed by atoms with Gasteiger partial charge in [0.25, 0.3) is 0 Å². The maximum atomic E-state index is 14.8. The van der Waals surface area contributed by atoms with Crippen LogP contribution in [-0.2, 0) is 11.8 Å². The van der Waals surface area contributed by atoms with Crippen molar-refractivity contribution >= 4 is 11.3 Å². The van der Waals surface area contributed by atoms with Gasteiger partial charge >= 0.3 is 0 Å². The monoisotopic (exact) mass is 299 g/mol. The summed E-state index contributed by atoms with van der Waals surface area (Å²) < 4.78 is 14.8. The minimum Gasteiger partial charge on any atom is -0.308 e. The van der Waals surface area contributed by atoms with E-state index in [-0.39, 0.29) is 11.5 Å². The molecule has 0 saturated heterocycles. The predicted octanol–water partition coefficient (Wildman–Crippen LogP) is 3.22. The first-order valence-corrected chi connectivity index (χ1v) is 8.06. The molecule has 20 heavy (non-hydrogen) atoms. The van der Waals surface area contributed by atoms with Crippen LogP contribution in [0.1, 0.15) is 49.6 Å². The van der Waals surface area contributed by atoms with E-state index in [1.807, 2.05) is 19.0 Å². The molecule has 2 atom stereocenters. The fourth-order valence-electron chi connectivity index (χ4n) is 2.63. The summed E-state index contributed by atoms with van der Waals surface area (Å²) in [7, 11) is 4.05. The summed E-state index contributed by atoms with van der Waals surface area (Å²) in [5, 5.41) is 1.05. The van der Waals surface area contributed by atoms with Gasteiger partial charge in [0, 0.05) is 29.4 Å². The molecule has 0 N–H and O–H groups in total. The Bertz CT molecular complexity index is 464. The van der Waals surface area contributed by atoms with Crippen molar-refractivity contribution in [3.8, 4) is 0 Å². The first-order valence-electron chi connectivity index (χ1n) is 7.24. The number of thiazole rings is 1. The van der Waals surface area contributed by atoms with Gasteiger partial charge in [0.05, 0.1) is 5.01 Å². The van der Waals surface area contributed by atoms with E-state index in [2.05, 4.69) is 37.6 Å². The van der Waals surface area contributed by atoms with E-state index in [1.54, 1.807) is 11.3 Å². The highest BCUT2D eigenvalue weighted by Gasteiger charge is 2.35. The van der Waals surface area contributed by atoms with Gasteiger partial charge in [0.15, 0.2) is 6.30 Å². The summed E-state index contributed by atoms with van der Waals surface area (Å²) in [5.74, 6) is 0. The second kappa shape index (κ2) is 5.70. The molecule has 0 aliphatic carbocycles. The number of rotatable bonds is 3. The Kier molecular flexibility index (Phi) is 4.52. The van der Waals surface area contributed by atoms with E-state index in [0.717, 1.165) is 29.4 Å². The topological polar surface area (TPSA) is 19.4 Å². The second-order valence-corrected chi connectivity index (χ2v) is 8.10. The van der Waals surface area contributed by atoms with Crippen LogP contribution in [0.2, 0.25) is 0 Å². The van der Waals surface area contributed by atoms with Crippen LogP contribution >= 0.6 is 11.3 Å². The summed E-state index contributed by atoms with van der Waals surface area (Å²) in [6.45, 7) is 10.2. The molecule has 0 fully saturated rings. The van der Waals surface area contributed by atoms with Gasteiger partial charge in [-0.1, -0.05) is 20.8 Å². The average molecular weight is 299 g/mol.